The first kappa shape index (κ1) is 8.06. The van der Waals surface area contributed by atoms with Gasteiger partial charge in [-0.05, 0) is 30.1 Å². The van der Waals surface area contributed by atoms with Crippen LogP contribution in [0.4, 0.5) is 0 Å². The lowest BCUT2D eigenvalue weighted by Crippen LogP contribution is -2.17. The monoisotopic (exact) mass is 142 g/mol. The predicted octanol–water partition coefficient (Wildman–Crippen LogP) is 2.05. The Bertz CT molecular complexity index is 118. The largest absolute Gasteiger partial charge is 0.396 e. The molecule has 0 aromatic rings. The van der Waals surface area contributed by atoms with Gasteiger partial charge in [-0.15, -0.1) is 0 Å². The molecule has 1 aliphatic carbocycles. The minimum absolute atomic E-state index is 0.162. The van der Waals surface area contributed by atoms with Crippen molar-refractivity contribution >= 4 is 0 Å². The first-order chi connectivity index (χ1) is 4.55. The molecule has 0 aliphatic heterocycles. The minimum atomic E-state index is 0.162. The van der Waals surface area contributed by atoms with Gasteiger partial charge in [-0.1, -0.05) is 20.8 Å². The fraction of sp³-hybridized carbons (Fsp3) is 1.00. The van der Waals surface area contributed by atoms with Crippen LogP contribution in [0.2, 0.25) is 0 Å². The van der Waals surface area contributed by atoms with Crippen LogP contribution < -0.4 is 0 Å². The number of aliphatic hydroxyl groups excluding tert-OH is 1. The Morgan fingerprint density at radius 3 is 2.30 bits per heavy atom. The fourth-order valence-electron chi connectivity index (χ4n) is 1.46. The van der Waals surface area contributed by atoms with Crippen LogP contribution in [0.15, 0.2) is 0 Å². The van der Waals surface area contributed by atoms with Crippen molar-refractivity contribution in [1.82, 2.24) is 0 Å². The Morgan fingerprint density at radius 1 is 1.50 bits per heavy atom. The van der Waals surface area contributed by atoms with Gasteiger partial charge in [0.1, 0.15) is 0 Å². The first-order valence-electron chi connectivity index (χ1n) is 4.16. The van der Waals surface area contributed by atoms with Crippen molar-refractivity contribution in [2.24, 2.45) is 17.3 Å². The summed E-state index contributed by atoms with van der Waals surface area (Å²) in [6, 6.07) is 0. The molecular formula is C9H18O. The molecule has 0 saturated heterocycles. The van der Waals surface area contributed by atoms with Crippen LogP contribution in [0.1, 0.15) is 33.6 Å². The third-order valence-electron chi connectivity index (χ3n) is 2.52. The Labute approximate surface area is 63.4 Å². The standard InChI is InChI=1S/C9H18O/c1-7-4-8(7)5-9(2,3)6-10/h7-8,10H,4-6H2,1-3H3. The number of hydrogen-bond donors (Lipinski definition) is 1. The molecule has 60 valence electrons. The van der Waals surface area contributed by atoms with Crippen LogP contribution in [-0.2, 0) is 0 Å². The average Bonchev–Trinajstić information content (AvgIpc) is 2.46. The van der Waals surface area contributed by atoms with Gasteiger partial charge in [-0.3, -0.25) is 0 Å². The summed E-state index contributed by atoms with van der Waals surface area (Å²) in [4.78, 5) is 0. The highest BCUT2D eigenvalue weighted by molar-refractivity contribution is 4.86. The van der Waals surface area contributed by atoms with Crippen LogP contribution in [0.5, 0.6) is 0 Å². The Hall–Kier alpha value is -0.0400. The summed E-state index contributed by atoms with van der Waals surface area (Å²) < 4.78 is 0. The van der Waals surface area contributed by atoms with E-state index in [2.05, 4.69) is 20.8 Å². The second kappa shape index (κ2) is 2.54. The van der Waals surface area contributed by atoms with Crippen LogP contribution in [-0.4, -0.2) is 11.7 Å². The van der Waals surface area contributed by atoms with Crippen LogP contribution >= 0.6 is 0 Å². The molecule has 0 aromatic carbocycles. The highest BCUT2D eigenvalue weighted by Gasteiger charge is 2.36. The van der Waals surface area contributed by atoms with Crippen LogP contribution in [0.3, 0.4) is 0 Å². The van der Waals surface area contributed by atoms with E-state index in [1.54, 1.807) is 0 Å². The lowest BCUT2D eigenvalue weighted by Gasteiger charge is -2.20. The van der Waals surface area contributed by atoms with Crippen molar-refractivity contribution in [3.63, 3.8) is 0 Å². The minimum Gasteiger partial charge on any atom is -0.396 e. The van der Waals surface area contributed by atoms with E-state index in [0.717, 1.165) is 11.8 Å². The van der Waals surface area contributed by atoms with Gasteiger partial charge in [-0.25, -0.2) is 0 Å². The summed E-state index contributed by atoms with van der Waals surface area (Å²) in [5.41, 5.74) is 0.162. The SMILES string of the molecule is CC1CC1CC(C)(C)CO. The molecule has 10 heavy (non-hydrogen) atoms. The highest BCUT2D eigenvalue weighted by Crippen LogP contribution is 2.45. The molecule has 1 saturated carbocycles. The molecule has 1 aliphatic rings. The molecule has 1 nitrogen and oxygen atoms in total. The zero-order chi connectivity index (χ0) is 7.78. The van der Waals surface area contributed by atoms with Gasteiger partial charge in [0.05, 0.1) is 0 Å². The van der Waals surface area contributed by atoms with Gasteiger partial charge in [-0.2, -0.15) is 0 Å². The molecule has 0 spiro atoms. The molecule has 0 amide bonds. The summed E-state index contributed by atoms with van der Waals surface area (Å²) >= 11 is 0. The van der Waals surface area contributed by atoms with Crippen molar-refractivity contribution < 1.29 is 5.11 Å². The quantitative estimate of drug-likeness (QED) is 0.639. The van der Waals surface area contributed by atoms with E-state index in [1.807, 2.05) is 0 Å². The maximum Gasteiger partial charge on any atom is 0.0482 e. The van der Waals surface area contributed by atoms with Gasteiger partial charge in [0.15, 0.2) is 0 Å². The van der Waals surface area contributed by atoms with Crippen LogP contribution in [0.25, 0.3) is 0 Å². The van der Waals surface area contributed by atoms with Gasteiger partial charge < -0.3 is 5.11 Å². The first-order valence-corrected chi connectivity index (χ1v) is 4.16. The fourth-order valence-corrected chi connectivity index (χ4v) is 1.46. The summed E-state index contributed by atoms with van der Waals surface area (Å²) in [7, 11) is 0. The second-order valence-electron chi connectivity index (χ2n) is 4.50. The highest BCUT2D eigenvalue weighted by atomic mass is 16.3. The molecule has 2 unspecified atom stereocenters. The molecule has 0 bridgehead atoms. The predicted molar refractivity (Wildman–Crippen MR) is 42.8 cm³/mol. The zero-order valence-electron chi connectivity index (χ0n) is 7.22. The van der Waals surface area contributed by atoms with Gasteiger partial charge in [0, 0.05) is 6.61 Å². The molecule has 0 aromatic heterocycles. The third kappa shape index (κ3) is 1.98. The maximum atomic E-state index is 8.96. The Kier molecular flexibility index (Phi) is 2.04. The smallest absolute Gasteiger partial charge is 0.0482 e. The average molecular weight is 142 g/mol. The van der Waals surface area contributed by atoms with Gasteiger partial charge in [0.25, 0.3) is 0 Å². The topological polar surface area (TPSA) is 20.2 Å². The molecule has 0 radical (unpaired) electrons. The summed E-state index contributed by atoms with van der Waals surface area (Å²) in [5.74, 6) is 1.83. The molecule has 2 atom stereocenters. The van der Waals surface area contributed by atoms with Crippen molar-refractivity contribution in [2.45, 2.75) is 33.6 Å². The van der Waals surface area contributed by atoms with Crippen molar-refractivity contribution in [2.75, 3.05) is 6.61 Å². The second-order valence-corrected chi connectivity index (χ2v) is 4.50. The Morgan fingerprint density at radius 2 is 2.00 bits per heavy atom. The summed E-state index contributed by atoms with van der Waals surface area (Å²) in [6.45, 7) is 6.89. The maximum absolute atomic E-state index is 8.96. The molecule has 1 heteroatoms. The lowest BCUT2D eigenvalue weighted by molar-refractivity contribution is 0.142. The van der Waals surface area contributed by atoms with E-state index in [9.17, 15) is 0 Å². The van der Waals surface area contributed by atoms with Crippen molar-refractivity contribution in [3.05, 3.63) is 0 Å². The van der Waals surface area contributed by atoms with E-state index in [-0.39, 0.29) is 5.41 Å². The van der Waals surface area contributed by atoms with Gasteiger partial charge >= 0.3 is 0 Å². The summed E-state index contributed by atoms with van der Waals surface area (Å²) in [5, 5.41) is 8.96. The summed E-state index contributed by atoms with van der Waals surface area (Å²) in [6.07, 6.45) is 2.58. The number of rotatable bonds is 3. The molecule has 1 N–H and O–H groups in total. The zero-order valence-corrected chi connectivity index (χ0v) is 7.22. The van der Waals surface area contributed by atoms with E-state index in [4.69, 9.17) is 5.11 Å². The lowest BCUT2D eigenvalue weighted by atomic mass is 9.88. The van der Waals surface area contributed by atoms with E-state index < -0.39 is 0 Å². The Balaban J connectivity index is 2.24. The van der Waals surface area contributed by atoms with Crippen LogP contribution in [0, 0.1) is 17.3 Å². The normalized spacial score (nSPS) is 32.4. The van der Waals surface area contributed by atoms with E-state index in [0.29, 0.717) is 6.61 Å². The van der Waals surface area contributed by atoms with Crippen molar-refractivity contribution in [1.29, 1.82) is 0 Å². The van der Waals surface area contributed by atoms with Gasteiger partial charge in [0.2, 0.25) is 0 Å². The van der Waals surface area contributed by atoms with E-state index >= 15 is 0 Å². The third-order valence-corrected chi connectivity index (χ3v) is 2.52. The molecular weight excluding hydrogens is 124 g/mol. The molecule has 1 rings (SSSR count). The molecule has 1 fully saturated rings. The van der Waals surface area contributed by atoms with E-state index in [1.165, 1.54) is 12.8 Å². The number of aliphatic hydroxyl groups is 1. The van der Waals surface area contributed by atoms with Crippen molar-refractivity contribution in [3.8, 4) is 0 Å². The number of hydrogen-bond acceptors (Lipinski definition) is 1. The molecule has 0 heterocycles.